The fourth-order valence-electron chi connectivity index (χ4n) is 1.99. The van der Waals surface area contributed by atoms with E-state index in [0.29, 0.717) is 5.88 Å². The summed E-state index contributed by atoms with van der Waals surface area (Å²) in [5, 5.41) is 16.6. The second-order valence-corrected chi connectivity index (χ2v) is 5.16. The largest absolute Gasteiger partial charge is 0.479 e. The van der Waals surface area contributed by atoms with Crippen LogP contribution in [0.1, 0.15) is 13.8 Å². The first-order chi connectivity index (χ1) is 12.1. The Balaban J connectivity index is 0.000000461. The topological polar surface area (TPSA) is 93.3 Å². The number of thiol groups is 1. The number of para-hydroxylation sites is 1. The van der Waals surface area contributed by atoms with Gasteiger partial charge in [-0.15, -0.1) is 12.8 Å². The molecule has 2 aromatic heterocycles. The zero-order chi connectivity index (χ0) is 18.7. The van der Waals surface area contributed by atoms with Gasteiger partial charge in [-0.3, -0.25) is 10.1 Å². The van der Waals surface area contributed by atoms with Crippen molar-refractivity contribution in [2.45, 2.75) is 20.0 Å². The van der Waals surface area contributed by atoms with E-state index in [1.807, 2.05) is 42.5 Å². The number of pyridine rings is 2. The molecule has 0 unspecified atom stereocenters. The van der Waals surface area contributed by atoms with Crippen LogP contribution in [0.5, 0.6) is 5.88 Å². The minimum Gasteiger partial charge on any atom is -0.479 e. The molecule has 6 nitrogen and oxygen atoms in total. The van der Waals surface area contributed by atoms with E-state index in [9.17, 15) is 0 Å². The molecule has 1 aromatic carbocycles. The van der Waals surface area contributed by atoms with Crippen LogP contribution in [0, 0.1) is 0 Å². The van der Waals surface area contributed by atoms with Crippen molar-refractivity contribution in [1.29, 1.82) is 0 Å². The Morgan fingerprint density at radius 2 is 1.64 bits per heavy atom. The first kappa shape index (κ1) is 20.7. The highest BCUT2D eigenvalue weighted by Crippen LogP contribution is 2.28. The van der Waals surface area contributed by atoms with Gasteiger partial charge in [0.2, 0.25) is 5.88 Å². The van der Waals surface area contributed by atoms with Crippen molar-refractivity contribution in [2.75, 3.05) is 12.4 Å². The van der Waals surface area contributed by atoms with Crippen molar-refractivity contribution < 1.29 is 9.84 Å². The van der Waals surface area contributed by atoms with E-state index in [1.54, 1.807) is 33.4 Å². The molecule has 0 atom stereocenters. The van der Waals surface area contributed by atoms with Crippen molar-refractivity contribution in [3.05, 3.63) is 54.9 Å². The summed E-state index contributed by atoms with van der Waals surface area (Å²) in [6, 6.07) is 13.9. The van der Waals surface area contributed by atoms with Gasteiger partial charge in [-0.25, -0.2) is 4.98 Å². The van der Waals surface area contributed by atoms with Gasteiger partial charge in [0, 0.05) is 35.3 Å². The number of methoxy groups -OCH3 is 1. The van der Waals surface area contributed by atoms with Crippen LogP contribution in [0.4, 0.5) is 11.4 Å². The second-order valence-electron chi connectivity index (χ2n) is 5.16. The number of benzene rings is 1. The summed E-state index contributed by atoms with van der Waals surface area (Å²) in [5.41, 5.74) is 2.77. The number of aromatic nitrogens is 2. The number of aliphatic hydroxyl groups is 1. The van der Waals surface area contributed by atoms with E-state index >= 15 is 0 Å². The zero-order valence-corrected chi connectivity index (χ0v) is 15.4. The lowest BCUT2D eigenvalue weighted by atomic mass is 10.2. The molecule has 0 aliphatic heterocycles. The molecule has 3 aromatic rings. The smallest absolute Gasteiger partial charge is 0.240 e. The molecule has 0 amide bonds. The summed E-state index contributed by atoms with van der Waals surface area (Å²) in [6.45, 7) is 3.44. The summed E-state index contributed by atoms with van der Waals surface area (Å²) >= 11 is 3.03. The third-order valence-electron chi connectivity index (χ3n) is 2.87. The molecule has 3 rings (SSSR count). The quantitative estimate of drug-likeness (QED) is 0.534. The third-order valence-corrected chi connectivity index (χ3v) is 2.87. The second kappa shape index (κ2) is 11.2. The summed E-state index contributed by atoms with van der Waals surface area (Å²) < 4.78 is 5.23. The maximum atomic E-state index is 8.06. The molecule has 134 valence electrons. The van der Waals surface area contributed by atoms with Crippen LogP contribution in [0.25, 0.3) is 10.9 Å². The fraction of sp³-hybridized carbons (Fsp3) is 0.222. The molecule has 0 saturated carbocycles. The SMILES string of the molecule is CC(C)O.COc1nccc2c(Nc3ccccc3)ccnc12.NS. The highest BCUT2D eigenvalue weighted by Gasteiger charge is 2.07. The first-order valence-electron chi connectivity index (χ1n) is 7.65. The molecule has 2 heterocycles. The average molecular weight is 360 g/mol. The number of nitrogens with two attached hydrogens (primary N) is 1. The number of aliphatic hydroxyl groups excluding tert-OH is 1. The number of ether oxygens (including phenoxy) is 1. The van der Waals surface area contributed by atoms with Gasteiger partial charge in [0.05, 0.1) is 7.11 Å². The summed E-state index contributed by atoms with van der Waals surface area (Å²) in [7, 11) is 1.60. The van der Waals surface area contributed by atoms with Crippen LogP contribution in [-0.2, 0) is 0 Å². The van der Waals surface area contributed by atoms with Crippen molar-refractivity contribution in [3.8, 4) is 5.88 Å². The molecule has 7 heteroatoms. The molecule has 4 N–H and O–H groups in total. The van der Waals surface area contributed by atoms with Gasteiger partial charge in [0.1, 0.15) is 5.52 Å². The van der Waals surface area contributed by atoms with E-state index in [-0.39, 0.29) is 6.10 Å². The van der Waals surface area contributed by atoms with Gasteiger partial charge < -0.3 is 15.2 Å². The van der Waals surface area contributed by atoms with E-state index < -0.39 is 0 Å². The lowest BCUT2D eigenvalue weighted by Crippen LogP contribution is -1.95. The van der Waals surface area contributed by atoms with E-state index in [2.05, 4.69) is 33.2 Å². The average Bonchev–Trinajstić information content (AvgIpc) is 2.63. The number of hydrogen-bond donors (Lipinski definition) is 4. The Hall–Kier alpha value is -2.35. The van der Waals surface area contributed by atoms with Crippen LogP contribution in [-0.4, -0.2) is 28.3 Å². The fourth-order valence-corrected chi connectivity index (χ4v) is 1.99. The Morgan fingerprint density at radius 1 is 1.04 bits per heavy atom. The highest BCUT2D eigenvalue weighted by molar-refractivity contribution is 7.77. The maximum absolute atomic E-state index is 8.06. The molecule has 0 saturated heterocycles. The number of anilines is 2. The van der Waals surface area contributed by atoms with Crippen LogP contribution in [0.15, 0.2) is 54.9 Å². The number of fused-ring (bicyclic) bond motifs is 1. The Bertz CT molecular complexity index is 752. The molecular weight excluding hydrogens is 336 g/mol. The van der Waals surface area contributed by atoms with E-state index in [0.717, 1.165) is 22.3 Å². The highest BCUT2D eigenvalue weighted by atomic mass is 32.1. The Morgan fingerprint density at radius 3 is 2.24 bits per heavy atom. The standard InChI is InChI=1S/C15H13N3O.C3H8O.H3NS/c1-19-15-14-12(7-9-17-15)13(8-10-16-14)18-11-5-3-2-4-6-11;1-3(2)4;1-2/h2-10H,1H3,(H,16,18);3-4H,1-2H3;2H,1H2. The van der Waals surface area contributed by atoms with Crippen LogP contribution < -0.4 is 15.2 Å². The third kappa shape index (κ3) is 6.58. The number of nitrogens with zero attached hydrogens (tertiary/aromatic N) is 2. The van der Waals surface area contributed by atoms with Crippen molar-refractivity contribution >= 4 is 35.1 Å². The Labute approximate surface area is 153 Å². The van der Waals surface area contributed by atoms with Crippen LogP contribution >= 0.6 is 12.8 Å². The summed E-state index contributed by atoms with van der Waals surface area (Å²) in [4.78, 5) is 8.49. The molecule has 0 bridgehead atoms. The predicted molar refractivity (Wildman–Crippen MR) is 106 cm³/mol. The molecule has 25 heavy (non-hydrogen) atoms. The van der Waals surface area contributed by atoms with Gasteiger partial charge >= 0.3 is 0 Å². The van der Waals surface area contributed by atoms with Gasteiger partial charge in [0.25, 0.3) is 0 Å². The molecule has 0 aliphatic carbocycles. The van der Waals surface area contributed by atoms with Gasteiger partial charge in [-0.1, -0.05) is 18.2 Å². The van der Waals surface area contributed by atoms with Crippen molar-refractivity contribution in [3.63, 3.8) is 0 Å². The molecular formula is C18H24N4O2S. The van der Waals surface area contributed by atoms with E-state index in [1.165, 1.54) is 0 Å². The molecule has 0 spiro atoms. The molecule has 0 fully saturated rings. The van der Waals surface area contributed by atoms with Gasteiger partial charge in [-0.05, 0) is 38.1 Å². The number of nitrogens with one attached hydrogen (secondary N) is 1. The van der Waals surface area contributed by atoms with Crippen LogP contribution in [0.3, 0.4) is 0 Å². The summed E-state index contributed by atoms with van der Waals surface area (Å²) in [6.07, 6.45) is 3.30. The molecule has 0 aliphatic rings. The predicted octanol–water partition coefficient (Wildman–Crippen LogP) is 3.56. The molecule has 0 radical (unpaired) electrons. The van der Waals surface area contributed by atoms with Gasteiger partial charge in [0.15, 0.2) is 0 Å². The van der Waals surface area contributed by atoms with Crippen molar-refractivity contribution in [1.82, 2.24) is 9.97 Å². The lowest BCUT2D eigenvalue weighted by molar-refractivity contribution is 0.216. The van der Waals surface area contributed by atoms with Gasteiger partial charge in [-0.2, -0.15) is 0 Å². The Kier molecular flexibility index (Phi) is 9.31. The minimum absolute atomic E-state index is 0.167. The lowest BCUT2D eigenvalue weighted by Gasteiger charge is -2.10. The number of hydrogen-bond acceptors (Lipinski definition) is 7. The van der Waals surface area contributed by atoms with E-state index in [4.69, 9.17) is 9.84 Å². The maximum Gasteiger partial charge on any atom is 0.240 e. The normalized spacial score (nSPS) is 9.56. The summed E-state index contributed by atoms with van der Waals surface area (Å²) in [5.74, 6) is 0.536. The zero-order valence-electron chi connectivity index (χ0n) is 14.5. The monoisotopic (exact) mass is 360 g/mol. The minimum atomic E-state index is -0.167. The first-order valence-corrected chi connectivity index (χ1v) is 8.17. The van der Waals surface area contributed by atoms with Crippen LogP contribution in [0.2, 0.25) is 0 Å². The van der Waals surface area contributed by atoms with Crippen molar-refractivity contribution in [2.24, 2.45) is 5.14 Å². The number of rotatable bonds is 3.